The fraction of sp³-hybridized carbons (Fsp3) is 0.136. The van der Waals surface area contributed by atoms with E-state index in [0.29, 0.717) is 23.6 Å². The van der Waals surface area contributed by atoms with Crippen LogP contribution in [0.3, 0.4) is 0 Å². The fourth-order valence-electron chi connectivity index (χ4n) is 3.51. The van der Waals surface area contributed by atoms with Gasteiger partial charge in [0.25, 0.3) is 0 Å². The summed E-state index contributed by atoms with van der Waals surface area (Å²) in [5, 5.41) is 0. The highest BCUT2D eigenvalue weighted by atomic mass is 16.5. The number of nitrogen functional groups attached to an aromatic ring is 1. The molecule has 0 aromatic heterocycles. The highest BCUT2D eigenvalue weighted by Gasteiger charge is 2.32. The van der Waals surface area contributed by atoms with Crippen LogP contribution in [-0.4, -0.2) is 12.6 Å². The first-order chi connectivity index (χ1) is 12.7. The largest absolute Gasteiger partial charge is 0.462 e. The van der Waals surface area contributed by atoms with Gasteiger partial charge in [-0.05, 0) is 36.8 Å². The van der Waals surface area contributed by atoms with Crippen molar-refractivity contribution in [2.24, 2.45) is 0 Å². The maximum Gasteiger partial charge on any atom is 0.338 e. The first-order valence-electron chi connectivity index (χ1n) is 8.62. The number of fused-ring (bicyclic) bond motifs is 2. The minimum atomic E-state index is -0.330. The van der Waals surface area contributed by atoms with Gasteiger partial charge in [-0.25, -0.2) is 4.79 Å². The van der Waals surface area contributed by atoms with E-state index in [0.717, 1.165) is 22.4 Å². The number of carbonyl (C=O) groups excluding carboxylic acids is 1. The van der Waals surface area contributed by atoms with Crippen molar-refractivity contribution in [3.63, 3.8) is 0 Å². The van der Waals surface area contributed by atoms with Gasteiger partial charge in [0.2, 0.25) is 0 Å². The molecule has 0 radical (unpaired) electrons. The molecule has 0 saturated heterocycles. The van der Waals surface area contributed by atoms with E-state index in [2.05, 4.69) is 0 Å². The maximum atomic E-state index is 12.5. The van der Waals surface area contributed by atoms with Crippen molar-refractivity contribution in [3.8, 4) is 11.5 Å². The number of anilines is 1. The lowest BCUT2D eigenvalue weighted by Crippen LogP contribution is -2.17. The molecule has 1 unspecified atom stereocenters. The van der Waals surface area contributed by atoms with Crippen LogP contribution in [0.15, 0.2) is 66.7 Å². The molecule has 130 valence electrons. The summed E-state index contributed by atoms with van der Waals surface area (Å²) < 4.78 is 11.3. The summed E-state index contributed by atoms with van der Waals surface area (Å²) in [6.45, 7) is 2.13. The van der Waals surface area contributed by atoms with Gasteiger partial charge < -0.3 is 15.2 Å². The average Bonchev–Trinajstić information content (AvgIpc) is 2.67. The Balaban J connectivity index is 1.97. The van der Waals surface area contributed by atoms with E-state index < -0.39 is 0 Å². The molecule has 4 heteroatoms. The number of hydrogen-bond donors (Lipinski definition) is 1. The number of esters is 1. The zero-order chi connectivity index (χ0) is 18.1. The first-order valence-corrected chi connectivity index (χ1v) is 8.62. The standard InChI is InChI=1S/C22H19NO3/c1-2-25-22(24)15-9-4-3-8-14(15)20-16-10-5-6-12-18(16)26-19-13-7-11-17(23)21(19)20/h3-13,20H,2,23H2,1H3. The number of rotatable bonds is 3. The minimum absolute atomic E-state index is 0.197. The van der Waals surface area contributed by atoms with E-state index in [4.69, 9.17) is 15.2 Å². The lowest BCUT2D eigenvalue weighted by Gasteiger charge is -2.30. The maximum absolute atomic E-state index is 12.5. The van der Waals surface area contributed by atoms with Gasteiger partial charge >= 0.3 is 5.97 Å². The summed E-state index contributed by atoms with van der Waals surface area (Å²) in [7, 11) is 0. The van der Waals surface area contributed by atoms with Crippen LogP contribution >= 0.6 is 0 Å². The molecule has 3 aromatic rings. The second-order valence-electron chi connectivity index (χ2n) is 6.14. The molecule has 0 spiro atoms. The topological polar surface area (TPSA) is 61.5 Å². The summed E-state index contributed by atoms with van der Waals surface area (Å²) >= 11 is 0. The molecule has 1 aliphatic rings. The summed E-state index contributed by atoms with van der Waals surface area (Å²) in [4.78, 5) is 12.5. The van der Waals surface area contributed by atoms with Crippen molar-refractivity contribution in [2.45, 2.75) is 12.8 Å². The lowest BCUT2D eigenvalue weighted by atomic mass is 9.80. The van der Waals surface area contributed by atoms with E-state index in [9.17, 15) is 4.79 Å². The molecule has 0 aliphatic carbocycles. The van der Waals surface area contributed by atoms with Gasteiger partial charge in [-0.15, -0.1) is 0 Å². The van der Waals surface area contributed by atoms with Crippen molar-refractivity contribution in [1.82, 2.24) is 0 Å². The van der Waals surface area contributed by atoms with Crippen LogP contribution in [0.1, 0.15) is 39.9 Å². The Kier molecular flexibility index (Phi) is 4.09. The van der Waals surface area contributed by atoms with Crippen LogP contribution in [0.25, 0.3) is 0 Å². The van der Waals surface area contributed by atoms with Gasteiger partial charge in [0.1, 0.15) is 11.5 Å². The summed E-state index contributed by atoms with van der Waals surface area (Å²) in [6.07, 6.45) is 0. The van der Waals surface area contributed by atoms with Crippen LogP contribution in [0.5, 0.6) is 11.5 Å². The van der Waals surface area contributed by atoms with E-state index in [-0.39, 0.29) is 11.9 Å². The zero-order valence-corrected chi connectivity index (χ0v) is 14.4. The van der Waals surface area contributed by atoms with Gasteiger partial charge in [0.05, 0.1) is 12.2 Å². The molecule has 26 heavy (non-hydrogen) atoms. The van der Waals surface area contributed by atoms with Crippen LogP contribution in [0.2, 0.25) is 0 Å². The van der Waals surface area contributed by atoms with Crippen molar-refractivity contribution < 1.29 is 14.3 Å². The Labute approximate surface area is 152 Å². The van der Waals surface area contributed by atoms with Gasteiger partial charge in [0, 0.05) is 22.7 Å². The normalized spacial score (nSPS) is 14.7. The van der Waals surface area contributed by atoms with E-state index in [1.807, 2.05) is 60.7 Å². The van der Waals surface area contributed by atoms with Crippen molar-refractivity contribution in [3.05, 3.63) is 89.0 Å². The number of carbonyl (C=O) groups is 1. The number of nitrogens with two attached hydrogens (primary N) is 1. The quantitative estimate of drug-likeness (QED) is 0.431. The molecule has 4 rings (SSSR count). The Hall–Kier alpha value is -3.27. The molecule has 0 fully saturated rings. The molecule has 0 amide bonds. The highest BCUT2D eigenvalue weighted by Crippen LogP contribution is 2.49. The summed E-state index contributed by atoms with van der Waals surface area (Å²) in [6, 6.07) is 21.0. The van der Waals surface area contributed by atoms with Gasteiger partial charge in [-0.1, -0.05) is 42.5 Å². The third kappa shape index (κ3) is 2.60. The smallest absolute Gasteiger partial charge is 0.338 e. The second kappa shape index (κ2) is 6.56. The number of ether oxygens (including phenoxy) is 2. The van der Waals surface area contributed by atoms with Crippen molar-refractivity contribution in [2.75, 3.05) is 12.3 Å². The fourth-order valence-corrected chi connectivity index (χ4v) is 3.51. The lowest BCUT2D eigenvalue weighted by molar-refractivity contribution is 0.0525. The average molecular weight is 345 g/mol. The van der Waals surface area contributed by atoms with E-state index >= 15 is 0 Å². The van der Waals surface area contributed by atoms with Gasteiger partial charge in [-0.3, -0.25) is 0 Å². The van der Waals surface area contributed by atoms with Gasteiger partial charge in [0.15, 0.2) is 0 Å². The second-order valence-corrected chi connectivity index (χ2v) is 6.14. The predicted molar refractivity (Wildman–Crippen MR) is 101 cm³/mol. The van der Waals surface area contributed by atoms with Gasteiger partial charge in [-0.2, -0.15) is 0 Å². The third-order valence-corrected chi connectivity index (χ3v) is 4.61. The molecule has 0 bridgehead atoms. The molecule has 3 aromatic carbocycles. The highest BCUT2D eigenvalue weighted by molar-refractivity contribution is 5.92. The van der Waals surface area contributed by atoms with E-state index in [1.165, 1.54) is 0 Å². The van der Waals surface area contributed by atoms with Crippen molar-refractivity contribution >= 4 is 11.7 Å². The van der Waals surface area contributed by atoms with Crippen LogP contribution in [0, 0.1) is 0 Å². The molecular weight excluding hydrogens is 326 g/mol. The van der Waals surface area contributed by atoms with Crippen molar-refractivity contribution in [1.29, 1.82) is 0 Å². The first kappa shape index (κ1) is 16.2. The Morgan fingerprint density at radius 2 is 1.65 bits per heavy atom. The molecular formula is C22H19NO3. The number of hydrogen-bond acceptors (Lipinski definition) is 4. The Bertz CT molecular complexity index is 981. The van der Waals surface area contributed by atoms with E-state index in [1.54, 1.807) is 13.0 Å². The molecule has 1 atom stereocenters. The monoisotopic (exact) mass is 345 g/mol. The van der Waals surface area contributed by atoms with Crippen LogP contribution in [-0.2, 0) is 4.74 Å². The molecule has 1 aliphatic heterocycles. The molecule has 2 N–H and O–H groups in total. The zero-order valence-electron chi connectivity index (χ0n) is 14.4. The predicted octanol–water partition coefficient (Wildman–Crippen LogP) is 4.73. The summed E-state index contributed by atoms with van der Waals surface area (Å²) in [5.74, 6) is 0.960. The number of para-hydroxylation sites is 1. The van der Waals surface area contributed by atoms with Crippen LogP contribution in [0.4, 0.5) is 5.69 Å². The number of benzene rings is 3. The molecule has 0 saturated carbocycles. The minimum Gasteiger partial charge on any atom is -0.462 e. The third-order valence-electron chi connectivity index (χ3n) is 4.61. The Morgan fingerprint density at radius 1 is 0.962 bits per heavy atom. The molecule has 4 nitrogen and oxygen atoms in total. The molecule has 1 heterocycles. The van der Waals surface area contributed by atoms with Crippen LogP contribution < -0.4 is 10.5 Å². The summed E-state index contributed by atoms with van der Waals surface area (Å²) in [5.41, 5.74) is 10.2. The SMILES string of the molecule is CCOC(=O)c1ccccc1C1c2ccccc2Oc2cccc(N)c21. The Morgan fingerprint density at radius 3 is 2.46 bits per heavy atom.